The Labute approximate surface area is 162 Å². The number of aryl methyl sites for hydroxylation is 1. The van der Waals surface area contributed by atoms with Crippen LogP contribution in [0.5, 0.6) is 0 Å². The van der Waals surface area contributed by atoms with Gasteiger partial charge in [-0.2, -0.15) is 5.10 Å². The number of nitrogens with two attached hydrogens (primary N) is 1. The number of nitrogens with one attached hydrogen (secondary N) is 1. The van der Waals surface area contributed by atoms with E-state index in [0.29, 0.717) is 5.56 Å². The Balaban J connectivity index is 1.87. The first-order valence-electron chi connectivity index (χ1n) is 8.64. The van der Waals surface area contributed by atoms with E-state index < -0.39 is 5.91 Å². The molecular weight excluding hydrogens is 360 g/mol. The lowest BCUT2D eigenvalue weighted by Crippen LogP contribution is -2.26. The molecule has 0 unspecified atom stereocenters. The topological polar surface area (TPSA) is 90.0 Å². The molecule has 0 bridgehead atoms. The van der Waals surface area contributed by atoms with E-state index in [2.05, 4.69) is 10.4 Å². The number of hydrogen-bond donors (Lipinski definition) is 2. The van der Waals surface area contributed by atoms with E-state index in [1.165, 1.54) is 0 Å². The van der Waals surface area contributed by atoms with Crippen LogP contribution < -0.4 is 11.1 Å². The highest BCUT2D eigenvalue weighted by Crippen LogP contribution is 2.28. The molecule has 0 aliphatic rings. The molecule has 27 heavy (non-hydrogen) atoms. The molecule has 7 heteroatoms. The van der Waals surface area contributed by atoms with Gasteiger partial charge in [-0.05, 0) is 49.9 Å². The van der Waals surface area contributed by atoms with Crippen molar-refractivity contribution in [3.8, 4) is 11.1 Å². The first kappa shape index (κ1) is 18.8. The van der Waals surface area contributed by atoms with Gasteiger partial charge in [-0.3, -0.25) is 14.3 Å². The Bertz CT molecular complexity index is 976. The third-order valence-electron chi connectivity index (χ3n) is 4.42. The number of hydrogen-bond acceptors (Lipinski definition) is 4. The van der Waals surface area contributed by atoms with Gasteiger partial charge in [0.05, 0.1) is 11.7 Å². The van der Waals surface area contributed by atoms with Crippen molar-refractivity contribution in [2.45, 2.75) is 33.4 Å². The van der Waals surface area contributed by atoms with Crippen LogP contribution >= 0.6 is 11.3 Å². The molecule has 0 aliphatic heterocycles. The summed E-state index contributed by atoms with van der Waals surface area (Å²) >= 11 is 1.62. The second-order valence-electron chi connectivity index (χ2n) is 6.46. The van der Waals surface area contributed by atoms with Gasteiger partial charge in [0.2, 0.25) is 5.91 Å². The predicted molar refractivity (Wildman–Crippen MR) is 107 cm³/mol. The van der Waals surface area contributed by atoms with Crippen molar-refractivity contribution in [3.05, 3.63) is 63.6 Å². The molecule has 3 aromatic rings. The molecule has 0 fully saturated rings. The van der Waals surface area contributed by atoms with Crippen molar-refractivity contribution < 1.29 is 9.59 Å². The molecule has 3 rings (SSSR count). The maximum absolute atomic E-state index is 12.7. The molecule has 6 nitrogen and oxygen atoms in total. The number of nitrogens with zero attached hydrogens (tertiary/aromatic N) is 2. The van der Waals surface area contributed by atoms with Crippen LogP contribution in [0, 0.1) is 13.8 Å². The van der Waals surface area contributed by atoms with E-state index in [-0.39, 0.29) is 18.5 Å². The van der Waals surface area contributed by atoms with Crippen molar-refractivity contribution in [2.24, 2.45) is 5.73 Å². The van der Waals surface area contributed by atoms with Crippen molar-refractivity contribution >= 4 is 23.2 Å². The van der Waals surface area contributed by atoms with Crippen molar-refractivity contribution in [1.29, 1.82) is 0 Å². The molecule has 0 radical (unpaired) electrons. The minimum Gasteiger partial charge on any atom is -0.368 e. The number of carbonyl (C=O) groups excluding carboxylic acids is 2. The monoisotopic (exact) mass is 382 g/mol. The summed E-state index contributed by atoms with van der Waals surface area (Å²) in [6, 6.07) is 11.4. The van der Waals surface area contributed by atoms with Crippen LogP contribution in [0.2, 0.25) is 0 Å². The van der Waals surface area contributed by atoms with E-state index >= 15 is 0 Å². The average Bonchev–Trinajstić information content (AvgIpc) is 3.24. The average molecular weight is 382 g/mol. The Hall–Kier alpha value is -2.93. The number of aromatic nitrogens is 2. The molecule has 0 aliphatic carbocycles. The summed E-state index contributed by atoms with van der Waals surface area (Å²) < 4.78 is 1.60. The van der Waals surface area contributed by atoms with E-state index in [1.807, 2.05) is 56.5 Å². The molecule has 2 amide bonds. The predicted octanol–water partition coefficient (Wildman–Crippen LogP) is 3.20. The second kappa shape index (κ2) is 7.75. The molecule has 2 heterocycles. The highest BCUT2D eigenvalue weighted by Gasteiger charge is 2.17. The van der Waals surface area contributed by atoms with E-state index in [1.54, 1.807) is 22.1 Å². The summed E-state index contributed by atoms with van der Waals surface area (Å²) in [6.45, 7) is 5.77. The maximum atomic E-state index is 12.7. The summed E-state index contributed by atoms with van der Waals surface area (Å²) in [6.07, 6.45) is 0. The summed E-state index contributed by atoms with van der Waals surface area (Å²) in [4.78, 5) is 25.0. The van der Waals surface area contributed by atoms with Crippen LogP contribution in [0.4, 0.5) is 0 Å². The summed E-state index contributed by atoms with van der Waals surface area (Å²) in [5.74, 6) is -0.569. The number of primary amides is 1. The molecule has 3 N–H and O–H groups in total. The fraction of sp³-hybridized carbons (Fsp3) is 0.250. The van der Waals surface area contributed by atoms with Crippen molar-refractivity contribution in [1.82, 2.24) is 15.1 Å². The fourth-order valence-corrected chi connectivity index (χ4v) is 3.86. The number of benzene rings is 1. The number of rotatable bonds is 6. The Kier molecular flexibility index (Phi) is 5.41. The minimum atomic E-state index is -0.442. The molecule has 2 aromatic heterocycles. The van der Waals surface area contributed by atoms with E-state index in [0.717, 1.165) is 27.4 Å². The lowest BCUT2D eigenvalue weighted by Gasteiger charge is -2.13. The first-order chi connectivity index (χ1) is 12.9. The van der Waals surface area contributed by atoms with Gasteiger partial charge >= 0.3 is 0 Å². The third-order valence-corrected chi connectivity index (χ3v) is 5.47. The van der Waals surface area contributed by atoms with Crippen molar-refractivity contribution in [3.63, 3.8) is 0 Å². The Morgan fingerprint density at radius 2 is 2.04 bits per heavy atom. The molecule has 0 saturated heterocycles. The normalized spacial score (nSPS) is 12.0. The van der Waals surface area contributed by atoms with Gasteiger partial charge in [0, 0.05) is 21.7 Å². The third kappa shape index (κ3) is 4.09. The largest absolute Gasteiger partial charge is 0.368 e. The highest BCUT2D eigenvalue weighted by atomic mass is 32.1. The SMILES string of the molecule is Cc1nn(CC(N)=O)c(C)c1-c1cccc(C(=O)N[C@@H](C)c2cccs2)c1. The molecular formula is C20H22N4O2S. The zero-order valence-electron chi connectivity index (χ0n) is 15.5. The fourth-order valence-electron chi connectivity index (χ4n) is 3.12. The van der Waals surface area contributed by atoms with Crippen molar-refractivity contribution in [2.75, 3.05) is 0 Å². The molecule has 0 spiro atoms. The van der Waals surface area contributed by atoms with Crippen LogP contribution in [0.25, 0.3) is 11.1 Å². The van der Waals surface area contributed by atoms with Gasteiger partial charge in [-0.15, -0.1) is 11.3 Å². The highest BCUT2D eigenvalue weighted by molar-refractivity contribution is 7.10. The summed E-state index contributed by atoms with van der Waals surface area (Å²) in [5.41, 5.74) is 9.30. The van der Waals surface area contributed by atoms with Gasteiger partial charge in [0.15, 0.2) is 0 Å². The standard InChI is InChI=1S/C20H22N4O2S/c1-12(17-8-5-9-27-17)22-20(26)16-7-4-6-15(10-16)19-13(2)23-24(14(19)3)11-18(21)25/h4-10,12H,11H2,1-3H3,(H2,21,25)(H,22,26)/t12-/m0/s1. The summed E-state index contributed by atoms with van der Waals surface area (Å²) in [5, 5.41) is 9.42. The van der Waals surface area contributed by atoms with Gasteiger partial charge in [0.25, 0.3) is 5.91 Å². The van der Waals surface area contributed by atoms with Gasteiger partial charge in [-0.1, -0.05) is 18.2 Å². The van der Waals surface area contributed by atoms with E-state index in [9.17, 15) is 9.59 Å². The smallest absolute Gasteiger partial charge is 0.251 e. The number of carbonyl (C=O) groups is 2. The first-order valence-corrected chi connectivity index (χ1v) is 9.51. The lowest BCUT2D eigenvalue weighted by molar-refractivity contribution is -0.118. The van der Waals surface area contributed by atoms with Gasteiger partial charge < -0.3 is 11.1 Å². The zero-order chi connectivity index (χ0) is 19.6. The number of amides is 2. The Morgan fingerprint density at radius 1 is 1.26 bits per heavy atom. The molecule has 0 saturated carbocycles. The van der Waals surface area contributed by atoms with Crippen LogP contribution in [-0.2, 0) is 11.3 Å². The van der Waals surface area contributed by atoms with Gasteiger partial charge in [-0.25, -0.2) is 0 Å². The Morgan fingerprint density at radius 3 is 2.70 bits per heavy atom. The minimum absolute atomic E-state index is 0.0329. The van der Waals surface area contributed by atoms with E-state index in [4.69, 9.17) is 5.73 Å². The lowest BCUT2D eigenvalue weighted by atomic mass is 10.0. The van der Waals surface area contributed by atoms with Gasteiger partial charge in [0.1, 0.15) is 6.54 Å². The molecule has 140 valence electrons. The maximum Gasteiger partial charge on any atom is 0.251 e. The quantitative estimate of drug-likeness (QED) is 0.686. The number of thiophene rings is 1. The molecule has 1 atom stereocenters. The summed E-state index contributed by atoms with van der Waals surface area (Å²) in [7, 11) is 0. The molecule has 1 aromatic carbocycles. The zero-order valence-corrected chi connectivity index (χ0v) is 16.3. The van der Waals surface area contributed by atoms with Crippen LogP contribution in [0.1, 0.15) is 39.6 Å². The van der Waals surface area contributed by atoms with Crippen LogP contribution in [0.3, 0.4) is 0 Å². The van der Waals surface area contributed by atoms with Crippen LogP contribution in [-0.4, -0.2) is 21.6 Å². The second-order valence-corrected chi connectivity index (χ2v) is 7.44. The van der Waals surface area contributed by atoms with Crippen LogP contribution in [0.15, 0.2) is 41.8 Å².